The van der Waals surface area contributed by atoms with Gasteiger partial charge in [0, 0.05) is 17.9 Å². The van der Waals surface area contributed by atoms with E-state index in [1.165, 1.54) is 31.2 Å². The van der Waals surface area contributed by atoms with Gasteiger partial charge in [0.2, 0.25) is 0 Å². The van der Waals surface area contributed by atoms with E-state index in [-0.39, 0.29) is 0 Å². The lowest BCUT2D eigenvalue weighted by molar-refractivity contribution is 0.287. The lowest BCUT2D eigenvalue weighted by Crippen LogP contribution is -2.47. The third-order valence-corrected chi connectivity index (χ3v) is 4.54. The Balaban J connectivity index is 2.29. The van der Waals surface area contributed by atoms with E-state index in [0.29, 0.717) is 11.5 Å². The van der Waals surface area contributed by atoms with E-state index in [9.17, 15) is 0 Å². The first-order valence-corrected chi connectivity index (χ1v) is 7.56. The number of rotatable bonds is 6. The molecule has 19 heavy (non-hydrogen) atoms. The van der Waals surface area contributed by atoms with Gasteiger partial charge in [0.15, 0.2) is 0 Å². The van der Waals surface area contributed by atoms with Crippen LogP contribution in [0.15, 0.2) is 30.3 Å². The van der Waals surface area contributed by atoms with Crippen LogP contribution in [-0.2, 0) is 5.41 Å². The summed E-state index contributed by atoms with van der Waals surface area (Å²) in [5.74, 6) is 2.81. The van der Waals surface area contributed by atoms with Crippen molar-refractivity contribution in [3.8, 4) is 12.3 Å². The highest BCUT2D eigenvalue weighted by molar-refractivity contribution is 5.29. The van der Waals surface area contributed by atoms with Gasteiger partial charge in [-0.2, -0.15) is 0 Å². The molecule has 0 saturated heterocycles. The molecule has 1 atom stereocenters. The zero-order valence-corrected chi connectivity index (χ0v) is 12.0. The van der Waals surface area contributed by atoms with Crippen LogP contribution in [0.2, 0.25) is 0 Å². The largest absolute Gasteiger partial charge is 0.313 e. The fourth-order valence-electron chi connectivity index (χ4n) is 3.66. The maximum absolute atomic E-state index is 5.48. The van der Waals surface area contributed by atoms with Gasteiger partial charge in [0.05, 0.1) is 0 Å². The molecule has 0 aromatic heterocycles. The first kappa shape index (κ1) is 14.2. The molecule has 1 aromatic rings. The number of hydrogen-bond donors (Lipinski definition) is 1. The molecule has 1 aromatic carbocycles. The fraction of sp³-hybridized carbons (Fsp3) is 0.556. The molecule has 1 N–H and O–H groups in total. The predicted molar refractivity (Wildman–Crippen MR) is 82.1 cm³/mol. The van der Waals surface area contributed by atoms with Crippen LogP contribution in [-0.4, -0.2) is 12.6 Å². The van der Waals surface area contributed by atoms with Crippen LogP contribution in [0, 0.1) is 12.3 Å². The number of terminal acetylenes is 1. The van der Waals surface area contributed by atoms with Crippen LogP contribution in [0.4, 0.5) is 0 Å². The number of benzene rings is 1. The summed E-state index contributed by atoms with van der Waals surface area (Å²) in [4.78, 5) is 0. The van der Waals surface area contributed by atoms with Crippen LogP contribution < -0.4 is 5.32 Å². The summed E-state index contributed by atoms with van der Waals surface area (Å²) in [7, 11) is 0. The topological polar surface area (TPSA) is 12.0 Å². The zero-order valence-electron chi connectivity index (χ0n) is 12.0. The first-order chi connectivity index (χ1) is 9.33. The molecule has 0 bridgehead atoms. The van der Waals surface area contributed by atoms with Gasteiger partial charge in [0.1, 0.15) is 0 Å². The van der Waals surface area contributed by atoms with E-state index in [1.807, 2.05) is 0 Å². The van der Waals surface area contributed by atoms with Crippen LogP contribution in [0.25, 0.3) is 0 Å². The van der Waals surface area contributed by atoms with Gasteiger partial charge in [-0.25, -0.2) is 0 Å². The summed E-state index contributed by atoms with van der Waals surface area (Å²) in [6, 6.07) is 11.5. The molecule has 1 unspecified atom stereocenters. The molecular weight excluding hydrogens is 230 g/mol. The van der Waals surface area contributed by atoms with Gasteiger partial charge in [-0.1, -0.05) is 50.1 Å². The summed E-state index contributed by atoms with van der Waals surface area (Å²) in [5.41, 5.74) is 1.80. The average Bonchev–Trinajstić information content (AvgIpc) is 2.95. The minimum absolute atomic E-state index is 0.300. The number of hydrogen-bond acceptors (Lipinski definition) is 1. The minimum Gasteiger partial charge on any atom is -0.313 e. The molecule has 102 valence electrons. The molecule has 0 radical (unpaired) electrons. The first-order valence-electron chi connectivity index (χ1n) is 7.56. The lowest BCUT2D eigenvalue weighted by Gasteiger charge is -2.39. The Hall–Kier alpha value is -1.26. The number of nitrogens with one attached hydrogen (secondary N) is 1. The summed E-state index contributed by atoms with van der Waals surface area (Å²) < 4.78 is 0. The highest BCUT2D eigenvalue weighted by Crippen LogP contribution is 2.44. The van der Waals surface area contributed by atoms with Crippen molar-refractivity contribution < 1.29 is 0 Å². The highest BCUT2D eigenvalue weighted by Gasteiger charge is 2.41. The highest BCUT2D eigenvalue weighted by atomic mass is 14.9. The lowest BCUT2D eigenvalue weighted by atomic mass is 9.71. The predicted octanol–water partition coefficient (Wildman–Crippen LogP) is 3.89. The van der Waals surface area contributed by atoms with Crippen molar-refractivity contribution in [2.24, 2.45) is 0 Å². The van der Waals surface area contributed by atoms with E-state index in [0.717, 1.165) is 19.4 Å². The van der Waals surface area contributed by atoms with Crippen LogP contribution in [0.3, 0.4) is 0 Å². The second kappa shape index (κ2) is 6.78. The van der Waals surface area contributed by atoms with E-state index >= 15 is 0 Å². The molecule has 1 fully saturated rings. The molecule has 1 aliphatic rings. The Morgan fingerprint density at radius 3 is 2.53 bits per heavy atom. The smallest absolute Gasteiger partial charge is 0.0173 e. The maximum Gasteiger partial charge on any atom is 0.0173 e. The van der Waals surface area contributed by atoms with Crippen molar-refractivity contribution in [3.05, 3.63) is 35.9 Å². The van der Waals surface area contributed by atoms with Gasteiger partial charge in [0.25, 0.3) is 0 Å². The van der Waals surface area contributed by atoms with Crippen LogP contribution in [0.1, 0.15) is 51.0 Å². The Bertz CT molecular complexity index is 409. The molecule has 1 nitrogen and oxygen atoms in total. The van der Waals surface area contributed by atoms with Gasteiger partial charge >= 0.3 is 0 Å². The van der Waals surface area contributed by atoms with Crippen molar-refractivity contribution in [1.82, 2.24) is 5.32 Å². The van der Waals surface area contributed by atoms with Crippen molar-refractivity contribution >= 4 is 0 Å². The molecular formula is C18H25N. The maximum atomic E-state index is 5.48. The quantitative estimate of drug-likeness (QED) is 0.760. The molecule has 0 heterocycles. The number of likely N-dealkylation sites (N-methyl/N-ethyl adjacent to an activating group) is 1. The van der Waals surface area contributed by atoms with Gasteiger partial charge < -0.3 is 5.32 Å². The van der Waals surface area contributed by atoms with Crippen molar-refractivity contribution in [3.63, 3.8) is 0 Å². The molecule has 1 saturated carbocycles. The Morgan fingerprint density at radius 1 is 1.26 bits per heavy atom. The summed E-state index contributed by atoms with van der Waals surface area (Å²) in [6.45, 7) is 3.21. The van der Waals surface area contributed by atoms with E-state index in [2.05, 4.69) is 48.5 Å². The van der Waals surface area contributed by atoms with Gasteiger partial charge in [-0.3, -0.25) is 0 Å². The summed E-state index contributed by atoms with van der Waals surface area (Å²) in [6.07, 6.45) is 12.7. The van der Waals surface area contributed by atoms with Crippen molar-refractivity contribution in [2.45, 2.75) is 56.9 Å². The Labute approximate surface area is 117 Å². The Kier molecular flexibility index (Phi) is 5.05. The molecule has 0 amide bonds. The normalized spacial score (nSPS) is 18.9. The SMILES string of the molecule is C#CCCC(NCC)C1(c2ccccc2)CCCC1. The van der Waals surface area contributed by atoms with Crippen LogP contribution >= 0.6 is 0 Å². The summed E-state index contributed by atoms with van der Waals surface area (Å²) >= 11 is 0. The molecule has 1 aliphatic carbocycles. The second-order valence-electron chi connectivity index (χ2n) is 5.58. The minimum atomic E-state index is 0.300. The third-order valence-electron chi connectivity index (χ3n) is 4.54. The summed E-state index contributed by atoms with van der Waals surface area (Å²) in [5, 5.41) is 3.70. The van der Waals surface area contributed by atoms with E-state index in [1.54, 1.807) is 0 Å². The monoisotopic (exact) mass is 255 g/mol. The van der Waals surface area contributed by atoms with Gasteiger partial charge in [-0.05, 0) is 31.4 Å². The zero-order chi connectivity index (χ0) is 13.6. The van der Waals surface area contributed by atoms with Crippen molar-refractivity contribution in [1.29, 1.82) is 0 Å². The van der Waals surface area contributed by atoms with Gasteiger partial charge in [-0.15, -0.1) is 12.3 Å². The molecule has 0 spiro atoms. The standard InChI is InChI=1S/C18H25N/c1-3-5-13-17(19-4-2)18(14-9-10-15-18)16-11-7-6-8-12-16/h1,6-8,11-12,17,19H,4-5,9-10,13-15H2,2H3. The molecule has 0 aliphatic heterocycles. The second-order valence-corrected chi connectivity index (χ2v) is 5.58. The third kappa shape index (κ3) is 3.01. The fourth-order valence-corrected chi connectivity index (χ4v) is 3.66. The van der Waals surface area contributed by atoms with Crippen LogP contribution in [0.5, 0.6) is 0 Å². The average molecular weight is 255 g/mol. The van der Waals surface area contributed by atoms with Crippen molar-refractivity contribution in [2.75, 3.05) is 6.54 Å². The Morgan fingerprint density at radius 2 is 1.95 bits per heavy atom. The molecule has 2 rings (SSSR count). The van der Waals surface area contributed by atoms with E-state index < -0.39 is 0 Å². The molecule has 1 heteroatoms. The van der Waals surface area contributed by atoms with E-state index in [4.69, 9.17) is 6.42 Å².